The molecule has 0 atom stereocenters. The Morgan fingerprint density at radius 2 is 0.805 bits per heavy atom. The zero-order chi connectivity index (χ0) is 27.2. The molecule has 0 amide bonds. The Hall–Kier alpha value is -5.40. The number of hydrogen-bond donors (Lipinski definition) is 0. The van der Waals surface area contributed by atoms with Crippen LogP contribution in [0.2, 0.25) is 0 Å². The standard InChI is InChI=1S/C40H27N/c1-5-13-28(14-6-1)33-23-21-30-22-24-35-37(29-15-7-2-8-16-29)27-38(36-26-25-34(33)39(30)40(35)36)41(31-17-9-3-10-18-31)32-19-11-4-12-20-32/h1-27H. The third-order valence-corrected chi connectivity index (χ3v) is 8.20. The molecule has 0 bridgehead atoms. The Morgan fingerprint density at radius 3 is 1.41 bits per heavy atom. The lowest BCUT2D eigenvalue weighted by atomic mass is 9.86. The zero-order valence-electron chi connectivity index (χ0n) is 22.5. The number of hydrogen-bond acceptors (Lipinski definition) is 1. The molecule has 1 nitrogen and oxygen atoms in total. The molecule has 1 heteroatoms. The van der Waals surface area contributed by atoms with Crippen molar-refractivity contribution in [1.29, 1.82) is 0 Å². The summed E-state index contributed by atoms with van der Waals surface area (Å²) in [6, 6.07) is 59.1. The minimum absolute atomic E-state index is 1.14. The van der Waals surface area contributed by atoms with Gasteiger partial charge in [0.1, 0.15) is 0 Å². The van der Waals surface area contributed by atoms with Crippen LogP contribution in [-0.2, 0) is 0 Å². The van der Waals surface area contributed by atoms with E-state index in [9.17, 15) is 0 Å². The summed E-state index contributed by atoms with van der Waals surface area (Å²) in [5, 5.41) is 7.70. The van der Waals surface area contributed by atoms with E-state index in [4.69, 9.17) is 0 Å². The molecular formula is C40H27N. The SMILES string of the molecule is c1ccc(-c2ccc3ccc4c(-c5ccccc5)cc(N(c5ccccc5)c5ccccc5)c5ccc2c3c45)cc1. The monoisotopic (exact) mass is 521 g/mol. The van der Waals surface area contributed by atoms with Crippen LogP contribution in [0.25, 0.3) is 54.6 Å². The maximum absolute atomic E-state index is 2.40. The van der Waals surface area contributed by atoms with Crippen LogP contribution in [0, 0.1) is 0 Å². The van der Waals surface area contributed by atoms with Gasteiger partial charge in [0.25, 0.3) is 0 Å². The Kier molecular flexibility index (Phi) is 5.53. The zero-order valence-corrected chi connectivity index (χ0v) is 22.5. The molecule has 0 heterocycles. The molecule has 8 aromatic carbocycles. The number of nitrogens with zero attached hydrogens (tertiary/aromatic N) is 1. The van der Waals surface area contributed by atoms with E-state index in [0.29, 0.717) is 0 Å². The molecule has 192 valence electrons. The van der Waals surface area contributed by atoms with Crippen molar-refractivity contribution in [3.8, 4) is 22.3 Å². The fourth-order valence-corrected chi connectivity index (χ4v) is 6.37. The van der Waals surface area contributed by atoms with Gasteiger partial charge in [-0.15, -0.1) is 0 Å². The van der Waals surface area contributed by atoms with Crippen LogP contribution in [0.1, 0.15) is 0 Å². The Bertz CT molecular complexity index is 2080. The van der Waals surface area contributed by atoms with Crippen LogP contribution in [0.5, 0.6) is 0 Å². The quantitative estimate of drug-likeness (QED) is 0.204. The van der Waals surface area contributed by atoms with E-state index in [1.807, 2.05) is 0 Å². The van der Waals surface area contributed by atoms with Gasteiger partial charge in [-0.05, 0) is 74.1 Å². The maximum atomic E-state index is 2.40. The lowest BCUT2D eigenvalue weighted by Gasteiger charge is -2.29. The van der Waals surface area contributed by atoms with Gasteiger partial charge >= 0.3 is 0 Å². The highest BCUT2D eigenvalue weighted by atomic mass is 15.1. The topological polar surface area (TPSA) is 3.24 Å². The van der Waals surface area contributed by atoms with Gasteiger partial charge in [-0.25, -0.2) is 0 Å². The minimum Gasteiger partial charge on any atom is -0.310 e. The van der Waals surface area contributed by atoms with E-state index in [1.54, 1.807) is 0 Å². The van der Waals surface area contributed by atoms with E-state index in [0.717, 1.165) is 11.4 Å². The van der Waals surface area contributed by atoms with E-state index >= 15 is 0 Å². The molecule has 0 aliphatic heterocycles. The average Bonchev–Trinajstić information content (AvgIpc) is 3.06. The Morgan fingerprint density at radius 1 is 0.341 bits per heavy atom. The second-order valence-corrected chi connectivity index (χ2v) is 10.5. The summed E-state index contributed by atoms with van der Waals surface area (Å²) in [5.74, 6) is 0. The molecule has 0 saturated carbocycles. The molecule has 0 aliphatic carbocycles. The second-order valence-electron chi connectivity index (χ2n) is 10.5. The Balaban J connectivity index is 1.54. The molecule has 8 aromatic rings. The highest BCUT2D eigenvalue weighted by Gasteiger charge is 2.21. The second kappa shape index (κ2) is 9.66. The van der Waals surface area contributed by atoms with Crippen LogP contribution < -0.4 is 4.90 Å². The normalized spacial score (nSPS) is 11.4. The summed E-state index contributed by atoms with van der Waals surface area (Å²) in [6.07, 6.45) is 0. The van der Waals surface area contributed by atoms with Gasteiger partial charge in [-0.2, -0.15) is 0 Å². The van der Waals surface area contributed by atoms with Crippen molar-refractivity contribution in [2.45, 2.75) is 0 Å². The fraction of sp³-hybridized carbons (Fsp3) is 0. The van der Waals surface area contributed by atoms with E-state index in [2.05, 4.69) is 169 Å². The molecule has 0 saturated heterocycles. The van der Waals surface area contributed by atoms with E-state index < -0.39 is 0 Å². The van der Waals surface area contributed by atoms with Gasteiger partial charge < -0.3 is 4.90 Å². The summed E-state index contributed by atoms with van der Waals surface area (Å²) in [5.41, 5.74) is 8.41. The van der Waals surface area contributed by atoms with Gasteiger partial charge in [0.2, 0.25) is 0 Å². The molecule has 41 heavy (non-hydrogen) atoms. The number of rotatable bonds is 5. The molecule has 8 rings (SSSR count). The summed E-state index contributed by atoms with van der Waals surface area (Å²) in [4.78, 5) is 2.40. The van der Waals surface area contributed by atoms with Crippen LogP contribution in [0.15, 0.2) is 164 Å². The summed E-state index contributed by atoms with van der Waals surface area (Å²) in [6.45, 7) is 0. The first-order valence-corrected chi connectivity index (χ1v) is 14.1. The molecule has 0 spiro atoms. The van der Waals surface area contributed by atoms with E-state index in [-0.39, 0.29) is 0 Å². The van der Waals surface area contributed by atoms with Crippen LogP contribution >= 0.6 is 0 Å². The number of anilines is 3. The first-order valence-electron chi connectivity index (χ1n) is 14.1. The maximum Gasteiger partial charge on any atom is 0.0546 e. The smallest absolute Gasteiger partial charge is 0.0546 e. The van der Waals surface area contributed by atoms with Gasteiger partial charge in [0.15, 0.2) is 0 Å². The molecule has 0 aliphatic rings. The predicted molar refractivity (Wildman–Crippen MR) is 176 cm³/mol. The van der Waals surface area contributed by atoms with Gasteiger partial charge in [-0.1, -0.05) is 133 Å². The van der Waals surface area contributed by atoms with Crippen LogP contribution in [0.4, 0.5) is 17.1 Å². The molecular weight excluding hydrogens is 494 g/mol. The van der Waals surface area contributed by atoms with Crippen molar-refractivity contribution in [3.63, 3.8) is 0 Å². The minimum atomic E-state index is 1.14. The molecule has 0 N–H and O–H groups in total. The molecule has 0 radical (unpaired) electrons. The number of benzene rings is 8. The Labute approximate surface area is 239 Å². The molecule has 0 unspecified atom stereocenters. The summed E-state index contributed by atoms with van der Waals surface area (Å²) >= 11 is 0. The predicted octanol–water partition coefficient (Wildman–Crippen LogP) is 11.4. The van der Waals surface area contributed by atoms with Crippen molar-refractivity contribution >= 4 is 49.4 Å². The molecule has 0 aromatic heterocycles. The summed E-state index contributed by atoms with van der Waals surface area (Å²) < 4.78 is 0. The van der Waals surface area contributed by atoms with Crippen molar-refractivity contribution in [1.82, 2.24) is 0 Å². The first-order chi connectivity index (χ1) is 20.4. The van der Waals surface area contributed by atoms with Crippen molar-refractivity contribution in [3.05, 3.63) is 164 Å². The van der Waals surface area contributed by atoms with Crippen LogP contribution in [-0.4, -0.2) is 0 Å². The third kappa shape index (κ3) is 3.86. The number of para-hydroxylation sites is 2. The lowest BCUT2D eigenvalue weighted by Crippen LogP contribution is -2.10. The van der Waals surface area contributed by atoms with Gasteiger partial charge in [-0.3, -0.25) is 0 Å². The molecule has 0 fully saturated rings. The fourth-order valence-electron chi connectivity index (χ4n) is 6.37. The average molecular weight is 522 g/mol. The third-order valence-electron chi connectivity index (χ3n) is 8.20. The van der Waals surface area contributed by atoms with Crippen molar-refractivity contribution < 1.29 is 0 Å². The van der Waals surface area contributed by atoms with Crippen LogP contribution in [0.3, 0.4) is 0 Å². The van der Waals surface area contributed by atoms with E-state index in [1.165, 1.54) is 60.3 Å². The van der Waals surface area contributed by atoms with Crippen molar-refractivity contribution in [2.24, 2.45) is 0 Å². The largest absolute Gasteiger partial charge is 0.310 e. The highest BCUT2D eigenvalue weighted by molar-refractivity contribution is 6.30. The first kappa shape index (κ1) is 23.5. The highest BCUT2D eigenvalue weighted by Crippen LogP contribution is 2.48. The van der Waals surface area contributed by atoms with Gasteiger partial charge in [0, 0.05) is 22.1 Å². The lowest BCUT2D eigenvalue weighted by molar-refractivity contribution is 1.30. The summed E-state index contributed by atoms with van der Waals surface area (Å²) in [7, 11) is 0. The van der Waals surface area contributed by atoms with Crippen molar-refractivity contribution in [2.75, 3.05) is 4.90 Å². The van der Waals surface area contributed by atoms with Gasteiger partial charge in [0.05, 0.1) is 5.69 Å².